The van der Waals surface area contributed by atoms with E-state index < -0.39 is 22.8 Å². The minimum absolute atomic E-state index is 0.108. The molecule has 0 saturated carbocycles. The Morgan fingerprint density at radius 2 is 2.04 bits per heavy atom. The number of ether oxygens (including phenoxy) is 1. The number of amides is 1. The van der Waals surface area contributed by atoms with E-state index in [0.717, 1.165) is 0 Å². The summed E-state index contributed by atoms with van der Waals surface area (Å²) in [5.41, 5.74) is 0.940. The molecule has 9 nitrogen and oxygen atoms in total. The normalized spacial score (nSPS) is 11.7. The Hall–Kier alpha value is -2.94. The van der Waals surface area contributed by atoms with Gasteiger partial charge in [0.1, 0.15) is 17.9 Å². The molecule has 0 unspecified atom stereocenters. The smallest absolute Gasteiger partial charge is 0.312 e. The van der Waals surface area contributed by atoms with Crippen molar-refractivity contribution in [2.75, 3.05) is 7.11 Å². The third-order valence-corrected chi connectivity index (χ3v) is 4.38. The predicted molar refractivity (Wildman–Crippen MR) is 97.3 cm³/mol. The molecule has 0 bridgehead atoms. The van der Waals surface area contributed by atoms with E-state index in [4.69, 9.17) is 11.6 Å². The maximum absolute atomic E-state index is 12.5. The molecule has 0 fully saturated rings. The third kappa shape index (κ3) is 4.82. The quantitative estimate of drug-likeness (QED) is 0.438. The SMILES string of the molecule is COC(=O)C[C@H](NC(=O)Cn1nc(C)c([N+](=O)[O-])c1C)c1ccccc1Cl. The number of esters is 1. The van der Waals surface area contributed by atoms with Crippen LogP contribution >= 0.6 is 11.6 Å². The fourth-order valence-corrected chi connectivity index (χ4v) is 3.00. The summed E-state index contributed by atoms with van der Waals surface area (Å²) in [5, 5.41) is 18.2. The molecule has 2 aromatic rings. The number of carbonyl (C=O) groups is 2. The van der Waals surface area contributed by atoms with Crippen molar-refractivity contribution in [2.45, 2.75) is 32.9 Å². The lowest BCUT2D eigenvalue weighted by Gasteiger charge is -2.19. The number of rotatable bonds is 7. The van der Waals surface area contributed by atoms with Gasteiger partial charge in [-0.25, -0.2) is 0 Å². The largest absolute Gasteiger partial charge is 0.469 e. The van der Waals surface area contributed by atoms with Crippen LogP contribution in [0, 0.1) is 24.0 Å². The van der Waals surface area contributed by atoms with Crippen LogP contribution in [0.15, 0.2) is 24.3 Å². The number of halogens is 1. The first-order valence-electron chi connectivity index (χ1n) is 8.03. The van der Waals surface area contributed by atoms with Crippen molar-refractivity contribution >= 4 is 29.2 Å². The fourth-order valence-electron chi connectivity index (χ4n) is 2.73. The van der Waals surface area contributed by atoms with Gasteiger partial charge in [0.05, 0.1) is 24.5 Å². The molecule has 1 aromatic heterocycles. The Balaban J connectivity index is 2.21. The minimum Gasteiger partial charge on any atom is -0.469 e. The van der Waals surface area contributed by atoms with Crippen LogP contribution in [-0.2, 0) is 20.9 Å². The van der Waals surface area contributed by atoms with Gasteiger partial charge in [0, 0.05) is 5.02 Å². The summed E-state index contributed by atoms with van der Waals surface area (Å²) < 4.78 is 5.94. The van der Waals surface area contributed by atoms with Gasteiger partial charge in [-0.1, -0.05) is 29.8 Å². The van der Waals surface area contributed by atoms with Crippen LogP contribution in [0.2, 0.25) is 5.02 Å². The zero-order valence-electron chi connectivity index (χ0n) is 15.1. The molecule has 0 spiro atoms. The van der Waals surface area contributed by atoms with Gasteiger partial charge in [0.25, 0.3) is 0 Å². The van der Waals surface area contributed by atoms with E-state index in [1.165, 1.54) is 25.6 Å². The van der Waals surface area contributed by atoms with Crippen LogP contribution in [0.25, 0.3) is 0 Å². The van der Waals surface area contributed by atoms with Gasteiger partial charge in [-0.05, 0) is 25.5 Å². The first-order valence-corrected chi connectivity index (χ1v) is 8.41. The van der Waals surface area contributed by atoms with Crippen molar-refractivity contribution in [3.8, 4) is 0 Å². The molecule has 0 aliphatic carbocycles. The van der Waals surface area contributed by atoms with Crippen LogP contribution in [0.5, 0.6) is 0 Å². The minimum atomic E-state index is -0.703. The molecule has 1 heterocycles. The predicted octanol–water partition coefficient (Wildman–Crippen LogP) is 2.48. The molecular formula is C17H19ClN4O5. The zero-order chi connectivity index (χ0) is 20.1. The monoisotopic (exact) mass is 394 g/mol. The molecule has 10 heteroatoms. The standard InChI is InChI=1S/C17H19ClN4O5/c1-10-17(22(25)26)11(2)21(20-10)9-15(23)19-14(8-16(24)27-3)12-6-4-5-7-13(12)18/h4-7,14H,8-9H2,1-3H3,(H,19,23)/t14-/m0/s1. The van der Waals surface area contributed by atoms with Crippen molar-refractivity contribution in [2.24, 2.45) is 0 Å². The second-order valence-electron chi connectivity index (χ2n) is 5.86. The number of benzene rings is 1. The number of nitrogens with zero attached hydrogens (tertiary/aromatic N) is 3. The lowest BCUT2D eigenvalue weighted by molar-refractivity contribution is -0.386. The van der Waals surface area contributed by atoms with E-state index in [9.17, 15) is 19.7 Å². The van der Waals surface area contributed by atoms with Crippen LogP contribution < -0.4 is 5.32 Å². The van der Waals surface area contributed by atoms with Crippen LogP contribution in [0.1, 0.15) is 29.4 Å². The first kappa shape index (κ1) is 20.4. The molecule has 2 rings (SSSR count). The van der Waals surface area contributed by atoms with E-state index in [1.807, 2.05) is 0 Å². The topological polar surface area (TPSA) is 116 Å². The van der Waals surface area contributed by atoms with Crippen LogP contribution in [0.4, 0.5) is 5.69 Å². The van der Waals surface area contributed by atoms with Crippen LogP contribution in [-0.4, -0.2) is 33.7 Å². The van der Waals surface area contributed by atoms with Gasteiger partial charge >= 0.3 is 11.7 Å². The third-order valence-electron chi connectivity index (χ3n) is 4.03. The van der Waals surface area contributed by atoms with Gasteiger partial charge in [0.15, 0.2) is 0 Å². The number of nitrogens with one attached hydrogen (secondary N) is 1. The molecule has 27 heavy (non-hydrogen) atoms. The van der Waals surface area contributed by atoms with Gasteiger partial charge in [-0.3, -0.25) is 24.4 Å². The highest BCUT2D eigenvalue weighted by Gasteiger charge is 2.25. The Bertz CT molecular complexity index is 880. The number of aryl methyl sites for hydroxylation is 1. The molecule has 0 aliphatic heterocycles. The highest BCUT2D eigenvalue weighted by Crippen LogP contribution is 2.26. The number of hydrogen-bond donors (Lipinski definition) is 1. The molecule has 0 radical (unpaired) electrons. The molecule has 1 atom stereocenters. The summed E-state index contributed by atoms with van der Waals surface area (Å²) >= 11 is 6.18. The lowest BCUT2D eigenvalue weighted by Crippen LogP contribution is -2.33. The number of nitro groups is 1. The van der Waals surface area contributed by atoms with Crippen molar-refractivity contribution in [3.63, 3.8) is 0 Å². The average Bonchev–Trinajstić information content (AvgIpc) is 2.88. The van der Waals surface area contributed by atoms with Crippen LogP contribution in [0.3, 0.4) is 0 Å². The van der Waals surface area contributed by atoms with Gasteiger partial charge in [0.2, 0.25) is 5.91 Å². The summed E-state index contributed by atoms with van der Waals surface area (Å²) in [6, 6.07) is 6.12. The number of aromatic nitrogens is 2. The zero-order valence-corrected chi connectivity index (χ0v) is 15.8. The Labute approximate surface area is 160 Å². The summed E-state index contributed by atoms with van der Waals surface area (Å²) in [5.74, 6) is -0.980. The average molecular weight is 395 g/mol. The Kier molecular flexibility index (Phi) is 6.51. The maximum atomic E-state index is 12.5. The molecule has 144 valence electrons. The number of carbonyl (C=O) groups excluding carboxylic acids is 2. The van der Waals surface area contributed by atoms with Gasteiger partial charge < -0.3 is 10.1 Å². The maximum Gasteiger partial charge on any atom is 0.312 e. The molecule has 0 aliphatic rings. The van der Waals surface area contributed by atoms with Gasteiger partial charge in [-0.2, -0.15) is 5.10 Å². The summed E-state index contributed by atoms with van der Waals surface area (Å²) in [7, 11) is 1.25. The number of methoxy groups -OCH3 is 1. The van der Waals surface area contributed by atoms with Crippen molar-refractivity contribution < 1.29 is 19.2 Å². The summed E-state index contributed by atoms with van der Waals surface area (Å²) in [6.07, 6.45) is -0.108. The van der Waals surface area contributed by atoms with E-state index in [1.54, 1.807) is 24.3 Å². The highest BCUT2D eigenvalue weighted by atomic mass is 35.5. The summed E-state index contributed by atoms with van der Waals surface area (Å²) in [4.78, 5) is 34.7. The van der Waals surface area contributed by atoms with Crippen molar-refractivity contribution in [1.82, 2.24) is 15.1 Å². The van der Waals surface area contributed by atoms with Crippen molar-refractivity contribution in [3.05, 3.63) is 56.4 Å². The fraction of sp³-hybridized carbons (Fsp3) is 0.353. The molecule has 0 saturated heterocycles. The summed E-state index contributed by atoms with van der Waals surface area (Å²) in [6.45, 7) is 2.79. The Morgan fingerprint density at radius 3 is 2.59 bits per heavy atom. The molecule has 1 aromatic carbocycles. The van der Waals surface area contributed by atoms with E-state index in [-0.39, 0.29) is 30.0 Å². The number of hydrogen-bond acceptors (Lipinski definition) is 6. The highest BCUT2D eigenvalue weighted by molar-refractivity contribution is 6.31. The molecule has 1 amide bonds. The first-order chi connectivity index (χ1) is 12.7. The second kappa shape index (κ2) is 8.63. The van der Waals surface area contributed by atoms with E-state index in [0.29, 0.717) is 10.6 Å². The Morgan fingerprint density at radius 1 is 1.37 bits per heavy atom. The van der Waals surface area contributed by atoms with E-state index >= 15 is 0 Å². The van der Waals surface area contributed by atoms with Gasteiger partial charge in [-0.15, -0.1) is 0 Å². The molecular weight excluding hydrogens is 376 g/mol. The van der Waals surface area contributed by atoms with E-state index in [2.05, 4.69) is 15.2 Å². The lowest BCUT2D eigenvalue weighted by atomic mass is 10.0. The van der Waals surface area contributed by atoms with Crippen molar-refractivity contribution in [1.29, 1.82) is 0 Å². The second-order valence-corrected chi connectivity index (χ2v) is 6.26. The molecule has 1 N–H and O–H groups in total.